The minimum absolute atomic E-state index is 0.809. The van der Waals surface area contributed by atoms with Crippen molar-refractivity contribution in [1.82, 2.24) is 0 Å². The van der Waals surface area contributed by atoms with Gasteiger partial charge in [-0.25, -0.2) is 0 Å². The standard InChI is InChI=1S/C20H20O2/c1-13(2)9-15-10-14-7-5-6-8-17(14)18-11-16(21-3)12-19(22-4)20(15)18/h5-12H,1-4H3. The monoisotopic (exact) mass is 292 g/mol. The predicted octanol–water partition coefficient (Wildman–Crippen LogP) is 5.43. The van der Waals surface area contributed by atoms with Crippen molar-refractivity contribution in [2.24, 2.45) is 0 Å². The van der Waals surface area contributed by atoms with E-state index in [-0.39, 0.29) is 0 Å². The van der Waals surface area contributed by atoms with Crippen LogP contribution in [0, 0.1) is 0 Å². The molecule has 0 radical (unpaired) electrons. The van der Waals surface area contributed by atoms with Gasteiger partial charge in [-0.15, -0.1) is 0 Å². The summed E-state index contributed by atoms with van der Waals surface area (Å²) in [6.07, 6.45) is 2.20. The van der Waals surface area contributed by atoms with Gasteiger partial charge in [-0.05, 0) is 47.7 Å². The fraction of sp³-hybridized carbons (Fsp3) is 0.200. The SMILES string of the molecule is COc1cc(OC)c2c(C=C(C)C)cc3ccccc3c2c1. The molecule has 0 bridgehead atoms. The third-order valence-electron chi connectivity index (χ3n) is 3.83. The maximum absolute atomic E-state index is 5.63. The zero-order valence-electron chi connectivity index (χ0n) is 13.4. The molecule has 0 aliphatic carbocycles. The zero-order chi connectivity index (χ0) is 15.7. The van der Waals surface area contributed by atoms with Crippen LogP contribution in [-0.4, -0.2) is 14.2 Å². The predicted molar refractivity (Wildman–Crippen MR) is 93.9 cm³/mol. The lowest BCUT2D eigenvalue weighted by molar-refractivity contribution is 0.398. The molecule has 0 fully saturated rings. The van der Waals surface area contributed by atoms with Gasteiger partial charge in [-0.2, -0.15) is 0 Å². The molecule has 0 aliphatic rings. The molecule has 3 aromatic carbocycles. The van der Waals surface area contributed by atoms with Crippen molar-refractivity contribution in [1.29, 1.82) is 0 Å². The molecule has 2 heteroatoms. The number of methoxy groups -OCH3 is 2. The highest BCUT2D eigenvalue weighted by atomic mass is 16.5. The highest BCUT2D eigenvalue weighted by Gasteiger charge is 2.12. The summed E-state index contributed by atoms with van der Waals surface area (Å²) in [6.45, 7) is 4.22. The molecule has 0 unspecified atom stereocenters. The molecule has 0 aliphatic heterocycles. The third kappa shape index (κ3) is 2.41. The summed E-state index contributed by atoms with van der Waals surface area (Å²) in [6, 6.07) is 14.7. The van der Waals surface area contributed by atoms with E-state index in [1.54, 1.807) is 14.2 Å². The number of rotatable bonds is 3. The molecule has 3 rings (SSSR count). The van der Waals surface area contributed by atoms with Crippen LogP contribution in [0.2, 0.25) is 0 Å². The van der Waals surface area contributed by atoms with E-state index in [4.69, 9.17) is 9.47 Å². The summed E-state index contributed by atoms with van der Waals surface area (Å²) in [4.78, 5) is 0. The van der Waals surface area contributed by atoms with Gasteiger partial charge in [0.15, 0.2) is 0 Å². The number of allylic oxidation sites excluding steroid dienone is 1. The third-order valence-corrected chi connectivity index (χ3v) is 3.83. The van der Waals surface area contributed by atoms with Crippen LogP contribution in [-0.2, 0) is 0 Å². The van der Waals surface area contributed by atoms with E-state index in [2.05, 4.69) is 56.3 Å². The Morgan fingerprint density at radius 1 is 0.909 bits per heavy atom. The highest BCUT2D eigenvalue weighted by molar-refractivity contribution is 6.13. The van der Waals surface area contributed by atoms with Crippen LogP contribution in [0.3, 0.4) is 0 Å². The summed E-state index contributed by atoms with van der Waals surface area (Å²) in [5.41, 5.74) is 2.43. The second kappa shape index (κ2) is 5.72. The van der Waals surface area contributed by atoms with Crippen LogP contribution in [0.1, 0.15) is 19.4 Å². The molecular formula is C20H20O2. The topological polar surface area (TPSA) is 18.5 Å². The van der Waals surface area contributed by atoms with E-state index in [0.29, 0.717) is 0 Å². The van der Waals surface area contributed by atoms with Crippen molar-refractivity contribution in [2.45, 2.75) is 13.8 Å². The molecule has 22 heavy (non-hydrogen) atoms. The normalized spacial score (nSPS) is 10.7. The first kappa shape index (κ1) is 14.5. The number of ether oxygens (including phenoxy) is 2. The summed E-state index contributed by atoms with van der Waals surface area (Å²) >= 11 is 0. The van der Waals surface area contributed by atoms with Gasteiger partial charge >= 0.3 is 0 Å². The van der Waals surface area contributed by atoms with Crippen molar-refractivity contribution in [3.63, 3.8) is 0 Å². The molecule has 0 saturated carbocycles. The van der Waals surface area contributed by atoms with Crippen molar-refractivity contribution < 1.29 is 9.47 Å². The van der Waals surface area contributed by atoms with Gasteiger partial charge in [0.2, 0.25) is 0 Å². The van der Waals surface area contributed by atoms with Crippen molar-refractivity contribution in [3.05, 3.63) is 53.6 Å². The molecule has 112 valence electrons. The quantitative estimate of drug-likeness (QED) is 0.599. The Labute approximate surface area is 131 Å². The van der Waals surface area contributed by atoms with Crippen LogP contribution in [0.5, 0.6) is 11.5 Å². The summed E-state index contributed by atoms with van der Waals surface area (Å²) in [7, 11) is 3.39. The Morgan fingerprint density at radius 2 is 1.68 bits per heavy atom. The van der Waals surface area contributed by atoms with Crippen LogP contribution in [0.4, 0.5) is 0 Å². The maximum atomic E-state index is 5.63. The highest BCUT2D eigenvalue weighted by Crippen LogP contribution is 2.39. The minimum atomic E-state index is 0.809. The van der Waals surface area contributed by atoms with Gasteiger partial charge < -0.3 is 9.47 Å². The van der Waals surface area contributed by atoms with Gasteiger partial charge in [0.1, 0.15) is 11.5 Å². The lowest BCUT2D eigenvalue weighted by Crippen LogP contribution is -1.92. The van der Waals surface area contributed by atoms with Gasteiger partial charge in [0.05, 0.1) is 14.2 Å². The Bertz CT molecular complexity index is 872. The number of hydrogen-bond donors (Lipinski definition) is 0. The average Bonchev–Trinajstić information content (AvgIpc) is 2.53. The molecule has 0 saturated heterocycles. The van der Waals surface area contributed by atoms with E-state index in [1.807, 2.05) is 6.07 Å². The largest absolute Gasteiger partial charge is 0.497 e. The molecule has 0 heterocycles. The van der Waals surface area contributed by atoms with E-state index in [0.717, 1.165) is 22.3 Å². The van der Waals surface area contributed by atoms with Crippen molar-refractivity contribution >= 4 is 27.6 Å². The lowest BCUT2D eigenvalue weighted by Gasteiger charge is -2.14. The van der Waals surface area contributed by atoms with Crippen LogP contribution >= 0.6 is 0 Å². The molecular weight excluding hydrogens is 272 g/mol. The van der Waals surface area contributed by atoms with Crippen LogP contribution in [0.25, 0.3) is 27.6 Å². The molecule has 0 aromatic heterocycles. The first-order chi connectivity index (χ1) is 10.6. The van der Waals surface area contributed by atoms with E-state index in [9.17, 15) is 0 Å². The summed E-state index contributed by atoms with van der Waals surface area (Å²) in [5, 5.41) is 4.71. The van der Waals surface area contributed by atoms with E-state index in [1.165, 1.54) is 21.9 Å². The van der Waals surface area contributed by atoms with Crippen molar-refractivity contribution in [2.75, 3.05) is 14.2 Å². The number of hydrogen-bond acceptors (Lipinski definition) is 2. The first-order valence-electron chi connectivity index (χ1n) is 7.36. The molecule has 3 aromatic rings. The molecule has 0 N–H and O–H groups in total. The fourth-order valence-electron chi connectivity index (χ4n) is 2.91. The summed E-state index contributed by atoms with van der Waals surface area (Å²) in [5.74, 6) is 1.65. The lowest BCUT2D eigenvalue weighted by atomic mass is 9.95. The van der Waals surface area contributed by atoms with Crippen LogP contribution in [0.15, 0.2) is 48.0 Å². The van der Waals surface area contributed by atoms with Gasteiger partial charge in [0, 0.05) is 11.5 Å². The van der Waals surface area contributed by atoms with Gasteiger partial charge in [-0.1, -0.05) is 35.9 Å². The first-order valence-corrected chi connectivity index (χ1v) is 7.36. The summed E-state index contributed by atoms with van der Waals surface area (Å²) < 4.78 is 11.1. The maximum Gasteiger partial charge on any atom is 0.131 e. The van der Waals surface area contributed by atoms with E-state index < -0.39 is 0 Å². The second-order valence-corrected chi connectivity index (χ2v) is 5.66. The fourth-order valence-corrected chi connectivity index (χ4v) is 2.91. The average molecular weight is 292 g/mol. The molecule has 0 spiro atoms. The minimum Gasteiger partial charge on any atom is -0.497 e. The number of benzene rings is 3. The Balaban J connectivity index is 2.54. The Hall–Kier alpha value is -2.48. The molecule has 2 nitrogen and oxygen atoms in total. The Kier molecular flexibility index (Phi) is 3.76. The van der Waals surface area contributed by atoms with E-state index >= 15 is 0 Å². The van der Waals surface area contributed by atoms with Gasteiger partial charge in [0.25, 0.3) is 0 Å². The zero-order valence-corrected chi connectivity index (χ0v) is 13.4. The van der Waals surface area contributed by atoms with Gasteiger partial charge in [-0.3, -0.25) is 0 Å². The molecule has 0 amide bonds. The van der Waals surface area contributed by atoms with Crippen molar-refractivity contribution in [3.8, 4) is 11.5 Å². The smallest absolute Gasteiger partial charge is 0.131 e. The second-order valence-electron chi connectivity index (χ2n) is 5.66. The number of fused-ring (bicyclic) bond motifs is 3. The molecule has 0 atom stereocenters. The van der Waals surface area contributed by atoms with Crippen LogP contribution < -0.4 is 9.47 Å². The Morgan fingerprint density at radius 3 is 2.36 bits per heavy atom.